The molecule has 130 valence electrons. The van der Waals surface area contributed by atoms with Gasteiger partial charge in [0.05, 0.1) is 18.2 Å². The highest BCUT2D eigenvalue weighted by atomic mass is 32.1. The van der Waals surface area contributed by atoms with Crippen LogP contribution in [0.2, 0.25) is 0 Å². The van der Waals surface area contributed by atoms with Gasteiger partial charge < -0.3 is 10.1 Å². The van der Waals surface area contributed by atoms with Crippen LogP contribution in [0.3, 0.4) is 0 Å². The van der Waals surface area contributed by atoms with Crippen LogP contribution < -0.4 is 5.32 Å². The Hall–Kier alpha value is -1.94. The Kier molecular flexibility index (Phi) is 4.46. The number of anilines is 1. The Morgan fingerprint density at radius 3 is 3.16 bits per heavy atom. The van der Waals surface area contributed by atoms with Crippen LogP contribution in [0.5, 0.6) is 0 Å². The fourth-order valence-corrected chi connectivity index (χ4v) is 4.79. The second-order valence-corrected chi connectivity index (χ2v) is 8.40. The predicted octanol–water partition coefficient (Wildman–Crippen LogP) is 3.17. The smallest absolute Gasteiger partial charge is 0.142 e. The van der Waals surface area contributed by atoms with Gasteiger partial charge in [-0.15, -0.1) is 11.3 Å². The summed E-state index contributed by atoms with van der Waals surface area (Å²) >= 11 is 1.88. The van der Waals surface area contributed by atoms with Crippen molar-refractivity contribution >= 4 is 17.2 Å². The average Bonchev–Trinajstić information content (AvgIpc) is 3.31. The number of hydrogen-bond acceptors (Lipinski definition) is 6. The predicted molar refractivity (Wildman–Crippen MR) is 98.6 cm³/mol. The molecule has 1 spiro atoms. The normalized spacial score (nSPS) is 26.2. The second-order valence-electron chi connectivity index (χ2n) is 7.03. The second kappa shape index (κ2) is 6.75. The van der Waals surface area contributed by atoms with E-state index < -0.39 is 0 Å². The first kappa shape index (κ1) is 16.5. The molecule has 0 radical (unpaired) electrons. The van der Waals surface area contributed by atoms with E-state index in [2.05, 4.69) is 40.3 Å². The van der Waals surface area contributed by atoms with Crippen LogP contribution in [0.4, 0.5) is 5.82 Å². The highest BCUT2D eigenvalue weighted by Crippen LogP contribution is 2.37. The number of ether oxygens (including phenoxy) is 1. The average molecular weight is 354 g/mol. The first-order valence-electron chi connectivity index (χ1n) is 8.69. The Balaban J connectivity index is 1.35. The Labute approximate surface area is 152 Å². The molecule has 0 amide bonds. The van der Waals surface area contributed by atoms with E-state index in [4.69, 9.17) is 10.00 Å². The molecule has 2 aromatic heterocycles. The van der Waals surface area contributed by atoms with E-state index in [1.54, 1.807) is 6.07 Å². The summed E-state index contributed by atoms with van der Waals surface area (Å²) in [6.07, 6.45) is 2.08. The first-order valence-corrected chi connectivity index (χ1v) is 9.51. The van der Waals surface area contributed by atoms with Gasteiger partial charge in [0, 0.05) is 35.8 Å². The van der Waals surface area contributed by atoms with Gasteiger partial charge in [-0.1, -0.05) is 6.07 Å². The molecule has 2 fully saturated rings. The van der Waals surface area contributed by atoms with Gasteiger partial charge in [0.1, 0.15) is 17.6 Å². The number of rotatable bonds is 4. The minimum absolute atomic E-state index is 0.0309. The van der Waals surface area contributed by atoms with Crippen molar-refractivity contribution in [2.75, 3.05) is 25.0 Å². The number of nitriles is 1. The molecule has 1 N–H and O–H groups in total. The first-order chi connectivity index (χ1) is 12.1. The molecule has 0 aromatic carbocycles. The van der Waals surface area contributed by atoms with Crippen molar-refractivity contribution in [1.82, 2.24) is 9.88 Å². The van der Waals surface area contributed by atoms with Crippen molar-refractivity contribution in [2.24, 2.45) is 0 Å². The fourth-order valence-electron chi connectivity index (χ4n) is 3.86. The molecule has 0 bridgehead atoms. The monoisotopic (exact) mass is 354 g/mol. The zero-order valence-corrected chi connectivity index (χ0v) is 15.2. The number of likely N-dealkylation sites (tertiary alicyclic amines) is 1. The summed E-state index contributed by atoms with van der Waals surface area (Å²) in [5, 5.41) is 12.4. The molecule has 2 aliphatic rings. The molecule has 6 heteroatoms. The minimum Gasteiger partial charge on any atom is -0.371 e. The third-order valence-electron chi connectivity index (χ3n) is 5.00. The van der Waals surface area contributed by atoms with Crippen molar-refractivity contribution in [2.45, 2.75) is 38.0 Å². The Bertz CT molecular complexity index is 799. The van der Waals surface area contributed by atoms with Gasteiger partial charge in [0.2, 0.25) is 0 Å². The number of aryl methyl sites for hydroxylation is 1. The summed E-state index contributed by atoms with van der Waals surface area (Å²) in [5.74, 6) is 0.758. The number of pyridine rings is 1. The van der Waals surface area contributed by atoms with Crippen molar-refractivity contribution in [3.63, 3.8) is 0 Å². The zero-order valence-electron chi connectivity index (χ0n) is 14.4. The maximum Gasteiger partial charge on any atom is 0.142 e. The molecule has 0 saturated carbocycles. The topological polar surface area (TPSA) is 61.2 Å². The molecule has 2 aromatic rings. The summed E-state index contributed by atoms with van der Waals surface area (Å²) in [6.45, 7) is 5.96. The number of nitrogens with one attached hydrogen (secondary N) is 1. The molecule has 4 rings (SSSR count). The van der Waals surface area contributed by atoms with Crippen LogP contribution in [-0.4, -0.2) is 41.2 Å². The van der Waals surface area contributed by atoms with Crippen LogP contribution in [0.15, 0.2) is 30.3 Å². The van der Waals surface area contributed by atoms with Crippen LogP contribution >= 0.6 is 11.3 Å². The van der Waals surface area contributed by atoms with Crippen molar-refractivity contribution in [1.29, 1.82) is 5.26 Å². The van der Waals surface area contributed by atoms with Crippen molar-refractivity contribution in [3.05, 3.63) is 45.8 Å². The van der Waals surface area contributed by atoms with Crippen LogP contribution in [0, 0.1) is 18.3 Å². The van der Waals surface area contributed by atoms with Gasteiger partial charge >= 0.3 is 0 Å². The van der Waals surface area contributed by atoms with Crippen LogP contribution in [0.25, 0.3) is 0 Å². The van der Waals surface area contributed by atoms with E-state index in [1.165, 1.54) is 9.75 Å². The van der Waals surface area contributed by atoms with Gasteiger partial charge in [0.25, 0.3) is 0 Å². The van der Waals surface area contributed by atoms with Crippen molar-refractivity contribution in [3.8, 4) is 6.07 Å². The summed E-state index contributed by atoms with van der Waals surface area (Å²) in [4.78, 5) is 9.61. The molecule has 0 aliphatic carbocycles. The molecule has 5 nitrogen and oxygen atoms in total. The van der Waals surface area contributed by atoms with Crippen LogP contribution in [-0.2, 0) is 11.3 Å². The maximum atomic E-state index is 8.97. The van der Waals surface area contributed by atoms with E-state index >= 15 is 0 Å². The summed E-state index contributed by atoms with van der Waals surface area (Å²) in [7, 11) is 0. The number of nitrogens with zero attached hydrogens (tertiary/aromatic N) is 3. The molecule has 4 heterocycles. The number of hydrogen-bond donors (Lipinski definition) is 1. The third kappa shape index (κ3) is 3.69. The Morgan fingerprint density at radius 2 is 2.36 bits per heavy atom. The molecule has 2 saturated heterocycles. The SMILES string of the molecule is Cc1ccc(CN2CC[C@@]3(C[C@H](Nc4cccc(C#N)n4)CO3)C2)s1. The highest BCUT2D eigenvalue weighted by molar-refractivity contribution is 7.11. The molecule has 0 unspecified atom stereocenters. The number of aromatic nitrogens is 1. The quantitative estimate of drug-likeness (QED) is 0.914. The van der Waals surface area contributed by atoms with E-state index in [0.29, 0.717) is 12.3 Å². The van der Waals surface area contributed by atoms with Gasteiger partial charge in [0.15, 0.2) is 0 Å². The number of thiophene rings is 1. The minimum atomic E-state index is -0.0309. The summed E-state index contributed by atoms with van der Waals surface area (Å²) in [6, 6.07) is 12.3. The van der Waals surface area contributed by atoms with Crippen LogP contribution in [0.1, 0.15) is 28.3 Å². The third-order valence-corrected chi connectivity index (χ3v) is 5.98. The molecular weight excluding hydrogens is 332 g/mol. The summed E-state index contributed by atoms with van der Waals surface area (Å²) < 4.78 is 6.22. The van der Waals surface area contributed by atoms with Gasteiger partial charge in [-0.2, -0.15) is 5.26 Å². The largest absolute Gasteiger partial charge is 0.371 e. The van der Waals surface area contributed by atoms with E-state index in [9.17, 15) is 0 Å². The van der Waals surface area contributed by atoms with E-state index in [1.807, 2.05) is 23.5 Å². The van der Waals surface area contributed by atoms with E-state index in [-0.39, 0.29) is 11.6 Å². The van der Waals surface area contributed by atoms with Gasteiger partial charge in [-0.25, -0.2) is 4.98 Å². The van der Waals surface area contributed by atoms with Crippen molar-refractivity contribution < 1.29 is 4.74 Å². The lowest BCUT2D eigenvalue weighted by molar-refractivity contribution is 0.0120. The molecule has 2 aliphatic heterocycles. The fraction of sp³-hybridized carbons (Fsp3) is 0.474. The maximum absolute atomic E-state index is 8.97. The highest BCUT2D eigenvalue weighted by Gasteiger charge is 2.45. The zero-order chi connectivity index (χ0) is 17.3. The molecular formula is C19H22N4OS. The lowest BCUT2D eigenvalue weighted by Gasteiger charge is -2.23. The van der Waals surface area contributed by atoms with E-state index in [0.717, 1.165) is 38.3 Å². The molecule has 25 heavy (non-hydrogen) atoms. The van der Waals surface area contributed by atoms with Gasteiger partial charge in [-0.05, 0) is 37.6 Å². The molecule has 2 atom stereocenters. The summed E-state index contributed by atoms with van der Waals surface area (Å²) in [5.41, 5.74) is 0.411. The lowest BCUT2D eigenvalue weighted by atomic mass is 9.97. The van der Waals surface area contributed by atoms with Gasteiger partial charge in [-0.3, -0.25) is 4.90 Å². The Morgan fingerprint density at radius 1 is 1.44 bits per heavy atom. The lowest BCUT2D eigenvalue weighted by Crippen LogP contribution is -2.33. The standard InChI is InChI=1S/C19H22N4OS/c1-14-5-6-17(25-14)11-23-8-7-19(13-23)9-16(12-24-19)22-18-4-2-3-15(10-20)21-18/h2-6,16H,7-9,11-13H2,1H3,(H,21,22)/t16-,19+/m0/s1.